The SMILES string of the molecule is Nc1cn(CCOCC2CCC2)nn1. The van der Waals surface area contributed by atoms with Crippen molar-refractivity contribution in [3.63, 3.8) is 0 Å². The van der Waals surface area contributed by atoms with E-state index in [1.807, 2.05) is 0 Å². The predicted octanol–water partition coefficient (Wildman–Crippen LogP) is 0.677. The lowest BCUT2D eigenvalue weighted by Gasteiger charge is -2.24. The highest BCUT2D eigenvalue weighted by molar-refractivity contribution is 5.19. The Hall–Kier alpha value is -1.10. The van der Waals surface area contributed by atoms with Crippen LogP contribution < -0.4 is 5.73 Å². The first-order chi connectivity index (χ1) is 6.84. The van der Waals surface area contributed by atoms with E-state index in [4.69, 9.17) is 10.5 Å². The van der Waals surface area contributed by atoms with Crippen molar-refractivity contribution < 1.29 is 4.74 Å². The van der Waals surface area contributed by atoms with Gasteiger partial charge in [0.2, 0.25) is 0 Å². The number of rotatable bonds is 5. The number of nitrogen functional groups attached to an aromatic ring is 1. The van der Waals surface area contributed by atoms with E-state index in [0.717, 1.165) is 19.1 Å². The molecule has 14 heavy (non-hydrogen) atoms. The molecule has 0 saturated heterocycles. The lowest BCUT2D eigenvalue weighted by molar-refractivity contribution is 0.0639. The van der Waals surface area contributed by atoms with Gasteiger partial charge in [0.05, 0.1) is 19.3 Å². The van der Waals surface area contributed by atoms with Crippen LogP contribution in [0.1, 0.15) is 19.3 Å². The Morgan fingerprint density at radius 1 is 1.57 bits per heavy atom. The summed E-state index contributed by atoms with van der Waals surface area (Å²) in [5.74, 6) is 1.26. The van der Waals surface area contributed by atoms with Gasteiger partial charge in [0, 0.05) is 6.61 Å². The van der Waals surface area contributed by atoms with Crippen LogP contribution >= 0.6 is 0 Å². The van der Waals surface area contributed by atoms with E-state index in [0.29, 0.717) is 12.4 Å². The normalized spacial score (nSPS) is 16.9. The first-order valence-corrected chi connectivity index (χ1v) is 5.08. The number of hydrogen-bond acceptors (Lipinski definition) is 4. The Balaban J connectivity index is 1.58. The monoisotopic (exact) mass is 196 g/mol. The predicted molar refractivity (Wildman–Crippen MR) is 52.6 cm³/mol. The lowest BCUT2D eigenvalue weighted by Crippen LogP contribution is -2.19. The van der Waals surface area contributed by atoms with Gasteiger partial charge in [-0.05, 0) is 18.8 Å². The van der Waals surface area contributed by atoms with Crippen LogP contribution in [0.2, 0.25) is 0 Å². The summed E-state index contributed by atoms with van der Waals surface area (Å²) in [6.07, 6.45) is 5.74. The third kappa shape index (κ3) is 2.45. The van der Waals surface area contributed by atoms with E-state index in [1.165, 1.54) is 19.3 Å². The summed E-state index contributed by atoms with van der Waals surface area (Å²) < 4.78 is 7.23. The van der Waals surface area contributed by atoms with Crippen LogP contribution in [0.3, 0.4) is 0 Å². The Morgan fingerprint density at radius 2 is 2.43 bits per heavy atom. The fourth-order valence-electron chi connectivity index (χ4n) is 1.49. The summed E-state index contributed by atoms with van der Waals surface area (Å²) in [4.78, 5) is 0. The molecule has 0 aromatic carbocycles. The molecule has 2 rings (SSSR count). The summed E-state index contributed by atoms with van der Waals surface area (Å²) in [5.41, 5.74) is 5.43. The van der Waals surface area contributed by atoms with Crippen LogP contribution in [-0.4, -0.2) is 28.2 Å². The first-order valence-electron chi connectivity index (χ1n) is 5.08. The molecule has 1 saturated carbocycles. The van der Waals surface area contributed by atoms with Crippen molar-refractivity contribution in [1.29, 1.82) is 0 Å². The van der Waals surface area contributed by atoms with Gasteiger partial charge in [0.25, 0.3) is 0 Å². The Morgan fingerprint density at radius 3 is 3.00 bits per heavy atom. The highest BCUT2D eigenvalue weighted by Gasteiger charge is 2.16. The summed E-state index contributed by atoms with van der Waals surface area (Å²) in [7, 11) is 0. The molecule has 0 spiro atoms. The van der Waals surface area contributed by atoms with Crippen LogP contribution in [-0.2, 0) is 11.3 Å². The largest absolute Gasteiger partial charge is 0.381 e. The number of nitrogens with zero attached hydrogens (tertiary/aromatic N) is 3. The van der Waals surface area contributed by atoms with E-state index in [2.05, 4.69) is 10.3 Å². The van der Waals surface area contributed by atoms with Crippen LogP contribution in [0.5, 0.6) is 0 Å². The molecule has 0 unspecified atom stereocenters. The second-order valence-corrected chi connectivity index (χ2v) is 3.78. The standard InChI is InChI=1S/C9H16N4O/c10-9-6-13(12-11-9)4-5-14-7-8-2-1-3-8/h6,8H,1-5,7,10H2. The number of hydrogen-bond donors (Lipinski definition) is 1. The molecule has 1 aromatic heterocycles. The van der Waals surface area contributed by atoms with E-state index >= 15 is 0 Å². The van der Waals surface area contributed by atoms with Crippen molar-refractivity contribution in [1.82, 2.24) is 15.0 Å². The molecule has 1 aliphatic carbocycles. The number of anilines is 1. The maximum absolute atomic E-state index is 5.52. The second kappa shape index (κ2) is 4.41. The molecule has 5 nitrogen and oxygen atoms in total. The van der Waals surface area contributed by atoms with E-state index in [9.17, 15) is 0 Å². The molecule has 78 valence electrons. The highest BCUT2D eigenvalue weighted by atomic mass is 16.5. The van der Waals surface area contributed by atoms with Gasteiger partial charge in [0.15, 0.2) is 5.82 Å². The Kier molecular flexibility index (Phi) is 2.98. The van der Waals surface area contributed by atoms with Crippen molar-refractivity contribution >= 4 is 5.82 Å². The van der Waals surface area contributed by atoms with Crippen LogP contribution in [0.25, 0.3) is 0 Å². The minimum atomic E-state index is 0.462. The molecule has 0 atom stereocenters. The number of aromatic nitrogens is 3. The topological polar surface area (TPSA) is 66.0 Å². The molecular weight excluding hydrogens is 180 g/mol. The highest BCUT2D eigenvalue weighted by Crippen LogP contribution is 2.26. The molecule has 0 aliphatic heterocycles. The van der Waals surface area contributed by atoms with Gasteiger partial charge in [-0.3, -0.25) is 0 Å². The zero-order valence-electron chi connectivity index (χ0n) is 8.22. The van der Waals surface area contributed by atoms with Gasteiger partial charge >= 0.3 is 0 Å². The fraction of sp³-hybridized carbons (Fsp3) is 0.778. The van der Waals surface area contributed by atoms with Gasteiger partial charge in [0.1, 0.15) is 0 Å². The van der Waals surface area contributed by atoms with Gasteiger partial charge in [-0.2, -0.15) is 0 Å². The van der Waals surface area contributed by atoms with Crippen LogP contribution in [0.15, 0.2) is 6.20 Å². The van der Waals surface area contributed by atoms with Gasteiger partial charge in [-0.25, -0.2) is 4.68 Å². The van der Waals surface area contributed by atoms with Crippen molar-refractivity contribution in [2.45, 2.75) is 25.8 Å². The van der Waals surface area contributed by atoms with E-state index in [-0.39, 0.29) is 0 Å². The van der Waals surface area contributed by atoms with E-state index in [1.54, 1.807) is 10.9 Å². The third-order valence-electron chi connectivity index (χ3n) is 2.60. The molecule has 0 radical (unpaired) electrons. The maximum atomic E-state index is 5.52. The average Bonchev–Trinajstić information content (AvgIpc) is 2.48. The van der Waals surface area contributed by atoms with Crippen LogP contribution in [0.4, 0.5) is 5.82 Å². The molecule has 1 heterocycles. The van der Waals surface area contributed by atoms with E-state index < -0.39 is 0 Å². The quantitative estimate of drug-likeness (QED) is 0.703. The minimum Gasteiger partial charge on any atom is -0.381 e. The molecule has 1 aromatic rings. The molecule has 1 aliphatic rings. The average molecular weight is 196 g/mol. The smallest absolute Gasteiger partial charge is 0.165 e. The van der Waals surface area contributed by atoms with Crippen LogP contribution in [0, 0.1) is 5.92 Å². The number of ether oxygens (including phenoxy) is 1. The van der Waals surface area contributed by atoms with Gasteiger partial charge in [-0.1, -0.05) is 11.6 Å². The molecule has 1 fully saturated rings. The zero-order chi connectivity index (χ0) is 9.80. The Labute approximate surface area is 83.2 Å². The summed E-state index contributed by atoms with van der Waals surface area (Å²) >= 11 is 0. The summed E-state index contributed by atoms with van der Waals surface area (Å²) in [5, 5.41) is 7.52. The zero-order valence-corrected chi connectivity index (χ0v) is 8.22. The lowest BCUT2D eigenvalue weighted by atomic mass is 9.86. The minimum absolute atomic E-state index is 0.462. The summed E-state index contributed by atoms with van der Waals surface area (Å²) in [6, 6.07) is 0. The first kappa shape index (κ1) is 9.45. The molecule has 0 amide bonds. The summed E-state index contributed by atoms with van der Waals surface area (Å²) in [6.45, 7) is 2.32. The van der Waals surface area contributed by atoms with Gasteiger partial charge < -0.3 is 10.5 Å². The Bertz CT molecular complexity index is 282. The maximum Gasteiger partial charge on any atom is 0.165 e. The third-order valence-corrected chi connectivity index (χ3v) is 2.60. The van der Waals surface area contributed by atoms with Gasteiger partial charge in [-0.15, -0.1) is 5.10 Å². The van der Waals surface area contributed by atoms with Crippen molar-refractivity contribution in [2.75, 3.05) is 18.9 Å². The van der Waals surface area contributed by atoms with Crippen molar-refractivity contribution in [2.24, 2.45) is 5.92 Å². The van der Waals surface area contributed by atoms with Crippen molar-refractivity contribution in [3.05, 3.63) is 6.20 Å². The molecular formula is C9H16N4O. The number of nitrogens with two attached hydrogens (primary N) is 1. The molecule has 5 heteroatoms. The molecule has 2 N–H and O–H groups in total. The fourth-order valence-corrected chi connectivity index (χ4v) is 1.49. The molecule has 0 bridgehead atoms. The van der Waals surface area contributed by atoms with Crippen molar-refractivity contribution in [3.8, 4) is 0 Å². The second-order valence-electron chi connectivity index (χ2n) is 3.78.